The third-order valence-corrected chi connectivity index (χ3v) is 6.58. The van der Waals surface area contributed by atoms with E-state index >= 15 is 0 Å². The van der Waals surface area contributed by atoms with Crippen molar-refractivity contribution in [1.82, 2.24) is 4.90 Å². The summed E-state index contributed by atoms with van der Waals surface area (Å²) in [6.45, 7) is -0.406. The highest BCUT2D eigenvalue weighted by atomic mass is 32.2. The first kappa shape index (κ1) is 20.3. The Kier molecular flexibility index (Phi) is 6.69. The molecule has 0 radical (unpaired) electrons. The average Bonchev–Trinajstić information content (AvgIpc) is 3.09. The number of carbonyl (C=O) groups excluding carboxylic acids is 1. The minimum atomic E-state index is -3.62. The van der Waals surface area contributed by atoms with Crippen LogP contribution in [0.25, 0.3) is 0 Å². The summed E-state index contributed by atoms with van der Waals surface area (Å²) in [7, 11) is -3.62. The fraction of sp³-hybridized carbons (Fsp3) is 0.529. The van der Waals surface area contributed by atoms with Gasteiger partial charge in [-0.2, -0.15) is 0 Å². The van der Waals surface area contributed by atoms with Gasteiger partial charge in [0.1, 0.15) is 5.75 Å². The van der Waals surface area contributed by atoms with Crippen LogP contribution in [0.2, 0.25) is 0 Å². The Labute approximate surface area is 150 Å². The van der Waals surface area contributed by atoms with Gasteiger partial charge in [-0.05, 0) is 30.5 Å². The summed E-state index contributed by atoms with van der Waals surface area (Å²) in [5, 5.41) is 8.28. The summed E-state index contributed by atoms with van der Waals surface area (Å²) >= 11 is 0. The molecular formula is C17H21F2NO5S. The van der Waals surface area contributed by atoms with Gasteiger partial charge in [0.25, 0.3) is 0 Å². The van der Waals surface area contributed by atoms with Gasteiger partial charge in [-0.3, -0.25) is 9.59 Å². The minimum Gasteiger partial charge on any atom is -0.481 e. The van der Waals surface area contributed by atoms with Crippen molar-refractivity contribution in [3.8, 4) is 0 Å². The number of hydrogen-bond acceptors (Lipinski definition) is 4. The Morgan fingerprint density at radius 3 is 2.38 bits per heavy atom. The number of nitrogens with zero attached hydrogens (tertiary/aromatic N) is 1. The number of amides is 1. The number of carbonyl (C=O) groups is 2. The number of carboxylic acids is 1. The molecule has 26 heavy (non-hydrogen) atoms. The first-order valence-electron chi connectivity index (χ1n) is 8.34. The molecule has 0 aliphatic heterocycles. The lowest BCUT2D eigenvalue weighted by atomic mass is 10.2. The zero-order chi connectivity index (χ0) is 19.3. The molecule has 1 aromatic rings. The standard InChI is InChI=1S/C17H21F2NO5S/c18-14-6-5-12(9-15(14)19)10-20(8-7-17(22)23)16(21)11-26(24,25)13-3-1-2-4-13/h5-6,9,13H,1-4,7-8,10-11H2,(H,22,23). The van der Waals surface area contributed by atoms with E-state index in [1.807, 2.05) is 0 Å². The number of rotatable bonds is 8. The van der Waals surface area contributed by atoms with E-state index in [4.69, 9.17) is 5.11 Å². The topological polar surface area (TPSA) is 91.8 Å². The van der Waals surface area contributed by atoms with E-state index in [0.29, 0.717) is 12.8 Å². The monoisotopic (exact) mass is 389 g/mol. The maximum absolute atomic E-state index is 13.4. The predicted molar refractivity (Wildman–Crippen MR) is 90.1 cm³/mol. The number of benzene rings is 1. The molecule has 1 aliphatic carbocycles. The molecule has 0 saturated heterocycles. The second-order valence-corrected chi connectivity index (χ2v) is 8.70. The Morgan fingerprint density at radius 1 is 1.15 bits per heavy atom. The largest absolute Gasteiger partial charge is 0.481 e. The van der Waals surface area contributed by atoms with Crippen molar-refractivity contribution < 1.29 is 31.9 Å². The number of sulfone groups is 1. The van der Waals surface area contributed by atoms with Crippen molar-refractivity contribution in [2.24, 2.45) is 0 Å². The number of halogens is 2. The van der Waals surface area contributed by atoms with Gasteiger partial charge in [-0.1, -0.05) is 18.9 Å². The fourth-order valence-corrected chi connectivity index (χ4v) is 4.82. The molecule has 1 aromatic carbocycles. The summed E-state index contributed by atoms with van der Waals surface area (Å²) in [4.78, 5) is 24.3. The van der Waals surface area contributed by atoms with Crippen LogP contribution in [0.5, 0.6) is 0 Å². The Hall–Kier alpha value is -2.03. The minimum absolute atomic E-state index is 0.191. The summed E-state index contributed by atoms with van der Waals surface area (Å²) in [5.74, 6) is -4.72. The highest BCUT2D eigenvalue weighted by molar-refractivity contribution is 7.92. The zero-order valence-electron chi connectivity index (χ0n) is 14.2. The summed E-state index contributed by atoms with van der Waals surface area (Å²) in [6.07, 6.45) is 2.27. The van der Waals surface area contributed by atoms with E-state index < -0.39 is 44.4 Å². The highest BCUT2D eigenvalue weighted by Gasteiger charge is 2.32. The first-order chi connectivity index (χ1) is 12.2. The van der Waals surface area contributed by atoms with Crippen LogP contribution in [0, 0.1) is 11.6 Å². The van der Waals surface area contributed by atoms with Crippen molar-refractivity contribution in [2.75, 3.05) is 12.3 Å². The molecule has 2 rings (SSSR count). The van der Waals surface area contributed by atoms with Crippen molar-refractivity contribution in [2.45, 2.75) is 43.9 Å². The van der Waals surface area contributed by atoms with Gasteiger partial charge in [-0.15, -0.1) is 0 Å². The second-order valence-electron chi connectivity index (χ2n) is 6.42. The lowest BCUT2D eigenvalue weighted by Crippen LogP contribution is -2.38. The molecule has 0 unspecified atom stereocenters. The fourth-order valence-electron chi connectivity index (χ4n) is 3.01. The first-order valence-corrected chi connectivity index (χ1v) is 10.1. The molecule has 6 nitrogen and oxygen atoms in total. The maximum Gasteiger partial charge on any atom is 0.305 e. The van der Waals surface area contributed by atoms with Crippen LogP contribution >= 0.6 is 0 Å². The van der Waals surface area contributed by atoms with E-state index in [2.05, 4.69) is 0 Å². The molecule has 0 spiro atoms. The molecular weight excluding hydrogens is 368 g/mol. The highest BCUT2D eigenvalue weighted by Crippen LogP contribution is 2.25. The second kappa shape index (κ2) is 8.57. The third-order valence-electron chi connectivity index (χ3n) is 4.44. The van der Waals surface area contributed by atoms with Crippen molar-refractivity contribution in [1.29, 1.82) is 0 Å². The molecule has 0 bridgehead atoms. The summed E-state index contributed by atoms with van der Waals surface area (Å²) in [6, 6.07) is 3.08. The Balaban J connectivity index is 2.12. The molecule has 1 aliphatic rings. The van der Waals surface area contributed by atoms with Gasteiger partial charge in [0.2, 0.25) is 5.91 Å². The molecule has 1 fully saturated rings. The summed E-state index contributed by atoms with van der Waals surface area (Å²) in [5.41, 5.74) is 0.251. The molecule has 144 valence electrons. The maximum atomic E-state index is 13.4. The summed E-state index contributed by atoms with van der Waals surface area (Å²) < 4.78 is 51.1. The van der Waals surface area contributed by atoms with Gasteiger partial charge in [0.05, 0.1) is 11.7 Å². The number of carboxylic acid groups (broad SMARTS) is 1. The van der Waals surface area contributed by atoms with Crippen LogP contribution in [0.15, 0.2) is 18.2 Å². The lowest BCUT2D eigenvalue weighted by molar-refractivity contribution is -0.138. The van der Waals surface area contributed by atoms with Crippen LogP contribution in [0.1, 0.15) is 37.7 Å². The lowest BCUT2D eigenvalue weighted by Gasteiger charge is -2.23. The van der Waals surface area contributed by atoms with E-state index in [0.717, 1.165) is 29.9 Å². The van der Waals surface area contributed by atoms with Crippen molar-refractivity contribution >= 4 is 21.7 Å². The van der Waals surface area contributed by atoms with Gasteiger partial charge in [-0.25, -0.2) is 17.2 Å². The van der Waals surface area contributed by atoms with Gasteiger partial charge in [0.15, 0.2) is 21.5 Å². The Morgan fingerprint density at radius 2 is 1.81 bits per heavy atom. The van der Waals surface area contributed by atoms with Crippen LogP contribution in [-0.4, -0.2) is 47.8 Å². The molecule has 0 aromatic heterocycles. The van der Waals surface area contributed by atoms with E-state index in [1.54, 1.807) is 0 Å². The third kappa shape index (κ3) is 5.48. The van der Waals surface area contributed by atoms with Crippen LogP contribution in [-0.2, 0) is 26.0 Å². The van der Waals surface area contributed by atoms with Gasteiger partial charge >= 0.3 is 5.97 Å². The normalized spacial score (nSPS) is 15.2. The molecule has 1 N–H and O–H groups in total. The molecule has 1 saturated carbocycles. The smallest absolute Gasteiger partial charge is 0.305 e. The molecule has 0 heterocycles. The molecule has 1 amide bonds. The number of aliphatic carboxylic acids is 1. The van der Waals surface area contributed by atoms with Crippen LogP contribution < -0.4 is 0 Å². The van der Waals surface area contributed by atoms with Crippen molar-refractivity contribution in [3.05, 3.63) is 35.4 Å². The predicted octanol–water partition coefficient (Wildman–Crippen LogP) is 2.13. The van der Waals surface area contributed by atoms with E-state index in [-0.39, 0.29) is 25.1 Å². The van der Waals surface area contributed by atoms with E-state index in [9.17, 15) is 26.8 Å². The van der Waals surface area contributed by atoms with Gasteiger partial charge < -0.3 is 10.0 Å². The van der Waals surface area contributed by atoms with Gasteiger partial charge in [0, 0.05) is 13.1 Å². The van der Waals surface area contributed by atoms with Crippen molar-refractivity contribution in [3.63, 3.8) is 0 Å². The SMILES string of the molecule is O=C(O)CCN(Cc1ccc(F)c(F)c1)C(=O)CS(=O)(=O)C1CCCC1. The quantitative estimate of drug-likeness (QED) is 0.735. The van der Waals surface area contributed by atoms with Crippen LogP contribution in [0.3, 0.4) is 0 Å². The van der Waals surface area contributed by atoms with Crippen LogP contribution in [0.4, 0.5) is 8.78 Å². The molecule has 9 heteroatoms. The molecule has 0 atom stereocenters. The Bertz CT molecular complexity index is 775. The zero-order valence-corrected chi connectivity index (χ0v) is 15.0. The van der Waals surface area contributed by atoms with E-state index in [1.165, 1.54) is 6.07 Å². The average molecular weight is 389 g/mol. The number of hydrogen-bond donors (Lipinski definition) is 1.